The van der Waals surface area contributed by atoms with Gasteiger partial charge in [0.15, 0.2) is 5.13 Å². The summed E-state index contributed by atoms with van der Waals surface area (Å²) < 4.78 is 0. The first kappa shape index (κ1) is 16.2. The summed E-state index contributed by atoms with van der Waals surface area (Å²) in [6.45, 7) is 1.47. The van der Waals surface area contributed by atoms with Crippen LogP contribution in [0.3, 0.4) is 0 Å². The van der Waals surface area contributed by atoms with Crippen molar-refractivity contribution in [1.29, 1.82) is 0 Å². The zero-order valence-corrected chi connectivity index (χ0v) is 14.7. The van der Waals surface area contributed by atoms with Crippen LogP contribution in [0.4, 0.5) is 5.13 Å². The van der Waals surface area contributed by atoms with Crippen molar-refractivity contribution in [2.24, 2.45) is 0 Å². The molecule has 0 spiro atoms. The smallest absolute Gasteiger partial charge is 0.223 e. The molecule has 0 atom stereocenters. The largest absolute Gasteiger partial charge is 0.302 e. The molecule has 4 aromatic rings. The first-order valence-corrected chi connectivity index (χ1v) is 8.82. The maximum Gasteiger partial charge on any atom is 0.223 e. The number of anilines is 1. The minimum atomic E-state index is -0.126. The Morgan fingerprint density at radius 2 is 2.12 bits per heavy atom. The van der Waals surface area contributed by atoms with Crippen LogP contribution < -0.4 is 5.32 Å². The number of nitrogens with one attached hydrogen (secondary N) is 2. The summed E-state index contributed by atoms with van der Waals surface area (Å²) in [5.41, 5.74) is 3.71. The highest BCUT2D eigenvalue weighted by atomic mass is 32.1. The Labute approximate surface area is 153 Å². The predicted octanol–water partition coefficient (Wildman–Crippen LogP) is 4.21. The molecular weight excluding hydrogens is 346 g/mol. The summed E-state index contributed by atoms with van der Waals surface area (Å²) in [5.74, 6) is -0.126. The van der Waals surface area contributed by atoms with E-state index in [0.29, 0.717) is 5.13 Å². The molecule has 26 heavy (non-hydrogen) atoms. The molecule has 0 fully saturated rings. The number of benzene rings is 1. The standard InChI is InChI=1S/C19H15N5OS/c1-12(25)22-19-21-11-18(26-19)13-5-7-15-16(23-24-17(15)10-13)8-6-14-4-2-3-9-20-14/h2-11H,1H3,(H,23,24)(H,21,22,25). The summed E-state index contributed by atoms with van der Waals surface area (Å²) in [5, 5.41) is 11.8. The molecule has 4 rings (SSSR count). The average Bonchev–Trinajstić information content (AvgIpc) is 3.27. The van der Waals surface area contributed by atoms with Gasteiger partial charge >= 0.3 is 0 Å². The Bertz CT molecular complexity index is 1100. The van der Waals surface area contributed by atoms with Crippen molar-refractivity contribution in [3.63, 3.8) is 0 Å². The third-order valence-electron chi connectivity index (χ3n) is 3.77. The number of carbonyl (C=O) groups excluding carboxylic acids is 1. The Morgan fingerprint density at radius 3 is 2.92 bits per heavy atom. The van der Waals surface area contributed by atoms with Gasteiger partial charge in [-0.1, -0.05) is 23.5 Å². The highest BCUT2D eigenvalue weighted by molar-refractivity contribution is 7.19. The highest BCUT2D eigenvalue weighted by Gasteiger charge is 2.09. The van der Waals surface area contributed by atoms with Gasteiger partial charge in [-0.15, -0.1) is 0 Å². The molecule has 0 aliphatic carbocycles. The van der Waals surface area contributed by atoms with E-state index in [1.54, 1.807) is 12.4 Å². The molecule has 7 heteroatoms. The van der Waals surface area contributed by atoms with Crippen molar-refractivity contribution >= 4 is 45.4 Å². The third-order valence-corrected chi connectivity index (χ3v) is 4.73. The molecule has 0 saturated carbocycles. The van der Waals surface area contributed by atoms with Crippen molar-refractivity contribution in [2.45, 2.75) is 6.92 Å². The fraction of sp³-hybridized carbons (Fsp3) is 0.0526. The lowest BCUT2D eigenvalue weighted by Gasteiger charge is -1.97. The molecule has 2 N–H and O–H groups in total. The summed E-state index contributed by atoms with van der Waals surface area (Å²) in [6.07, 6.45) is 7.41. The lowest BCUT2D eigenvalue weighted by Crippen LogP contribution is -2.04. The highest BCUT2D eigenvalue weighted by Crippen LogP contribution is 2.31. The summed E-state index contributed by atoms with van der Waals surface area (Å²) in [4.78, 5) is 20.6. The van der Waals surface area contributed by atoms with Gasteiger partial charge in [0.05, 0.1) is 21.8 Å². The van der Waals surface area contributed by atoms with E-state index in [0.717, 1.165) is 32.7 Å². The van der Waals surface area contributed by atoms with Crippen LogP contribution in [-0.2, 0) is 4.79 Å². The van der Waals surface area contributed by atoms with Crippen molar-refractivity contribution in [3.8, 4) is 10.4 Å². The van der Waals surface area contributed by atoms with Gasteiger partial charge in [0.1, 0.15) is 0 Å². The number of carbonyl (C=O) groups is 1. The van der Waals surface area contributed by atoms with Gasteiger partial charge in [-0.3, -0.25) is 14.9 Å². The normalized spacial score (nSPS) is 11.3. The van der Waals surface area contributed by atoms with E-state index in [2.05, 4.69) is 25.5 Å². The molecule has 3 heterocycles. The zero-order chi connectivity index (χ0) is 17.9. The molecule has 0 aliphatic rings. The van der Waals surface area contributed by atoms with Crippen molar-refractivity contribution in [2.75, 3.05) is 5.32 Å². The molecule has 6 nitrogen and oxygen atoms in total. The number of hydrogen-bond donors (Lipinski definition) is 2. The minimum Gasteiger partial charge on any atom is -0.302 e. The topological polar surface area (TPSA) is 83.6 Å². The van der Waals surface area contributed by atoms with Gasteiger partial charge in [-0.2, -0.15) is 5.10 Å². The molecule has 3 aromatic heterocycles. The van der Waals surface area contributed by atoms with Gasteiger partial charge < -0.3 is 5.32 Å². The van der Waals surface area contributed by atoms with E-state index in [1.807, 2.05) is 48.6 Å². The quantitative estimate of drug-likeness (QED) is 0.570. The second-order valence-corrected chi connectivity index (χ2v) is 6.70. The minimum absolute atomic E-state index is 0.126. The Kier molecular flexibility index (Phi) is 4.28. The number of thiazole rings is 1. The number of aromatic nitrogens is 4. The van der Waals surface area contributed by atoms with Crippen molar-refractivity contribution in [3.05, 3.63) is 60.2 Å². The van der Waals surface area contributed by atoms with Crippen molar-refractivity contribution < 1.29 is 4.79 Å². The van der Waals surface area contributed by atoms with Crippen LogP contribution in [-0.4, -0.2) is 26.1 Å². The molecular formula is C19H15N5OS. The van der Waals surface area contributed by atoms with E-state index < -0.39 is 0 Å². The average molecular weight is 361 g/mol. The zero-order valence-electron chi connectivity index (χ0n) is 13.9. The van der Waals surface area contributed by atoms with E-state index in [1.165, 1.54) is 18.3 Å². The lowest BCUT2D eigenvalue weighted by molar-refractivity contribution is -0.114. The van der Waals surface area contributed by atoms with E-state index >= 15 is 0 Å². The second-order valence-electron chi connectivity index (χ2n) is 5.67. The SMILES string of the molecule is CC(=O)Nc1ncc(-c2ccc3c(C=Cc4ccccn4)n[nH]c3c2)s1. The fourth-order valence-electron chi connectivity index (χ4n) is 2.58. The van der Waals surface area contributed by atoms with E-state index in [4.69, 9.17) is 0 Å². The molecule has 128 valence electrons. The molecule has 1 aromatic carbocycles. The number of fused-ring (bicyclic) bond motifs is 1. The first-order valence-electron chi connectivity index (χ1n) is 8.00. The maximum absolute atomic E-state index is 11.1. The predicted molar refractivity (Wildman–Crippen MR) is 105 cm³/mol. The first-order chi connectivity index (χ1) is 12.7. The van der Waals surface area contributed by atoms with E-state index in [-0.39, 0.29) is 5.91 Å². The van der Waals surface area contributed by atoms with Crippen LogP contribution in [0.1, 0.15) is 18.3 Å². The Morgan fingerprint density at radius 1 is 1.19 bits per heavy atom. The summed E-state index contributed by atoms with van der Waals surface area (Å²) >= 11 is 1.44. The van der Waals surface area contributed by atoms with E-state index in [9.17, 15) is 4.79 Å². The van der Waals surface area contributed by atoms with Gasteiger partial charge in [0, 0.05) is 24.7 Å². The number of nitrogens with zero attached hydrogens (tertiary/aromatic N) is 3. The molecule has 0 bridgehead atoms. The van der Waals surface area contributed by atoms with Crippen molar-refractivity contribution in [1.82, 2.24) is 20.2 Å². The molecule has 0 aliphatic heterocycles. The van der Waals surface area contributed by atoms with Crippen LogP contribution in [0.5, 0.6) is 0 Å². The summed E-state index contributed by atoms with van der Waals surface area (Å²) in [6, 6.07) is 11.9. The third kappa shape index (κ3) is 3.38. The molecule has 0 unspecified atom stereocenters. The van der Waals surface area contributed by atoms with Crippen LogP contribution in [0.2, 0.25) is 0 Å². The van der Waals surface area contributed by atoms with Crippen LogP contribution in [0.25, 0.3) is 33.5 Å². The van der Waals surface area contributed by atoms with Gasteiger partial charge in [0.2, 0.25) is 5.91 Å². The van der Waals surface area contributed by atoms with Gasteiger partial charge in [-0.25, -0.2) is 4.98 Å². The molecule has 1 amide bonds. The monoisotopic (exact) mass is 361 g/mol. The number of amides is 1. The van der Waals surface area contributed by atoms with Gasteiger partial charge in [0.25, 0.3) is 0 Å². The number of H-pyrrole nitrogens is 1. The maximum atomic E-state index is 11.1. The fourth-order valence-corrected chi connectivity index (χ4v) is 3.43. The molecule has 0 saturated heterocycles. The van der Waals surface area contributed by atoms with Gasteiger partial charge in [-0.05, 0) is 42.0 Å². The van der Waals surface area contributed by atoms with Crippen LogP contribution in [0, 0.1) is 0 Å². The van der Waals surface area contributed by atoms with Crippen LogP contribution in [0.15, 0.2) is 48.8 Å². The number of aromatic amines is 1. The number of pyridine rings is 1. The summed E-state index contributed by atoms with van der Waals surface area (Å²) in [7, 11) is 0. The second kappa shape index (κ2) is 6.89. The number of hydrogen-bond acceptors (Lipinski definition) is 5. The Hall–Kier alpha value is -3.32. The Balaban J connectivity index is 1.62. The molecule has 0 radical (unpaired) electrons. The number of rotatable bonds is 4. The lowest BCUT2D eigenvalue weighted by atomic mass is 10.1. The van der Waals surface area contributed by atoms with Crippen LogP contribution >= 0.6 is 11.3 Å².